The van der Waals surface area contributed by atoms with Gasteiger partial charge >= 0.3 is 6.09 Å². The second kappa shape index (κ2) is 7.20. The number of rotatable bonds is 4. The number of amides is 1. The number of benzene rings is 2. The molecule has 1 atom stereocenters. The van der Waals surface area contributed by atoms with E-state index in [2.05, 4.69) is 27.0 Å². The van der Waals surface area contributed by atoms with Crippen LogP contribution in [0.2, 0.25) is 0 Å². The molecule has 1 aromatic heterocycles. The maximum Gasteiger partial charge on any atom is 0.412 e. The lowest BCUT2D eigenvalue weighted by molar-refractivity contribution is 0.0635. The molecule has 2 heterocycles. The number of fused-ring (bicyclic) bond motifs is 3. The van der Waals surface area contributed by atoms with E-state index in [-0.39, 0.29) is 11.8 Å². The molecule has 0 fully saturated rings. The summed E-state index contributed by atoms with van der Waals surface area (Å²) in [6.07, 6.45) is 3.44. The van der Waals surface area contributed by atoms with Gasteiger partial charge in [-0.25, -0.2) is 9.78 Å². The maximum atomic E-state index is 12.9. The van der Waals surface area contributed by atoms with Gasteiger partial charge in [0, 0.05) is 23.2 Å². The molecule has 2 aromatic carbocycles. The van der Waals surface area contributed by atoms with Crippen molar-refractivity contribution in [1.29, 1.82) is 0 Å². The molecule has 1 amide bonds. The molecule has 0 saturated heterocycles. The number of carbonyl (C=O) groups excluding carboxylic acids is 2. The third-order valence-corrected chi connectivity index (χ3v) is 4.83. The van der Waals surface area contributed by atoms with Crippen molar-refractivity contribution in [3.8, 4) is 11.3 Å². The van der Waals surface area contributed by atoms with E-state index in [1.54, 1.807) is 51.4 Å². The van der Waals surface area contributed by atoms with Crippen LogP contribution in [0.25, 0.3) is 11.3 Å². The van der Waals surface area contributed by atoms with E-state index in [4.69, 9.17) is 4.74 Å². The number of hydrogen-bond acceptors (Lipinski definition) is 4. The molecule has 1 aliphatic rings. The van der Waals surface area contributed by atoms with E-state index < -0.39 is 11.7 Å². The molecule has 0 aliphatic carbocycles. The van der Waals surface area contributed by atoms with Crippen molar-refractivity contribution in [1.82, 2.24) is 9.55 Å². The second-order valence-corrected chi connectivity index (χ2v) is 8.12. The van der Waals surface area contributed by atoms with E-state index in [1.165, 1.54) is 0 Å². The van der Waals surface area contributed by atoms with Crippen molar-refractivity contribution in [3.05, 3.63) is 72.2 Å². The zero-order valence-electron chi connectivity index (χ0n) is 16.7. The average molecular weight is 389 g/mol. The van der Waals surface area contributed by atoms with Crippen LogP contribution in [0.5, 0.6) is 0 Å². The van der Waals surface area contributed by atoms with Gasteiger partial charge < -0.3 is 9.30 Å². The Morgan fingerprint density at radius 2 is 1.83 bits per heavy atom. The largest absolute Gasteiger partial charge is 0.444 e. The van der Waals surface area contributed by atoms with Crippen molar-refractivity contribution in [2.75, 3.05) is 5.32 Å². The minimum atomic E-state index is -0.566. The van der Waals surface area contributed by atoms with Crippen molar-refractivity contribution >= 4 is 17.6 Å². The van der Waals surface area contributed by atoms with Crippen LogP contribution in [0.3, 0.4) is 0 Å². The van der Waals surface area contributed by atoms with Crippen molar-refractivity contribution in [3.63, 3.8) is 0 Å². The van der Waals surface area contributed by atoms with E-state index in [1.807, 2.05) is 18.3 Å². The van der Waals surface area contributed by atoms with Gasteiger partial charge in [0.15, 0.2) is 5.78 Å². The number of carbonyl (C=O) groups is 2. The molecular formula is C23H23N3O3. The number of anilines is 1. The Morgan fingerprint density at radius 3 is 2.55 bits per heavy atom. The molecule has 3 aromatic rings. The lowest BCUT2D eigenvalue weighted by Crippen LogP contribution is -2.27. The Morgan fingerprint density at radius 1 is 1.10 bits per heavy atom. The zero-order chi connectivity index (χ0) is 20.6. The molecule has 1 aliphatic heterocycles. The molecule has 0 spiro atoms. The van der Waals surface area contributed by atoms with Crippen LogP contribution in [0.4, 0.5) is 10.5 Å². The van der Waals surface area contributed by atoms with Gasteiger partial charge in [0.05, 0.1) is 24.3 Å². The second-order valence-electron chi connectivity index (χ2n) is 8.12. The molecular weight excluding hydrogens is 366 g/mol. The minimum absolute atomic E-state index is 0.0372. The summed E-state index contributed by atoms with van der Waals surface area (Å²) in [5, 5.41) is 2.68. The number of ether oxygens (including phenoxy) is 1. The molecule has 29 heavy (non-hydrogen) atoms. The molecule has 0 bridgehead atoms. The Hall–Kier alpha value is -3.41. The minimum Gasteiger partial charge on any atom is -0.444 e. The van der Waals surface area contributed by atoms with Crippen LogP contribution in [-0.4, -0.2) is 27.0 Å². The standard InChI is InChI=1S/C23H23N3O3/c1-23(2,3)29-22(28)25-16-10-8-15(9-11-16)21(27)12-19-17-6-4-5-7-18(17)20-13-24-14-26(19)20/h4-11,13-14,19H,12H2,1-3H3,(H,25,28). The quantitative estimate of drug-likeness (QED) is 0.632. The SMILES string of the molecule is CC(C)(C)OC(=O)Nc1ccc(C(=O)CC2c3ccccc3-c3cncn32)cc1. The first kappa shape index (κ1) is 18.9. The number of aromatic nitrogens is 2. The predicted octanol–water partition coefficient (Wildman–Crippen LogP) is 5.07. The number of nitrogens with zero attached hydrogens (tertiary/aromatic N) is 2. The van der Waals surface area contributed by atoms with Gasteiger partial charge in [0.25, 0.3) is 0 Å². The van der Waals surface area contributed by atoms with E-state index >= 15 is 0 Å². The number of imidazole rings is 1. The lowest BCUT2D eigenvalue weighted by atomic mass is 9.97. The fourth-order valence-corrected chi connectivity index (χ4v) is 3.59. The Balaban J connectivity index is 1.47. The average Bonchev–Trinajstić information content (AvgIpc) is 3.23. The molecule has 6 heteroatoms. The topological polar surface area (TPSA) is 73.2 Å². The number of Topliss-reactive ketones (excluding diaryl/α,β-unsaturated/α-hetero) is 1. The summed E-state index contributed by atoms with van der Waals surface area (Å²) in [6, 6.07) is 14.9. The summed E-state index contributed by atoms with van der Waals surface area (Å²) in [5.41, 5.74) is 3.92. The first-order valence-electron chi connectivity index (χ1n) is 9.56. The summed E-state index contributed by atoms with van der Waals surface area (Å²) in [6.45, 7) is 5.42. The molecule has 6 nitrogen and oxygen atoms in total. The highest BCUT2D eigenvalue weighted by Gasteiger charge is 2.29. The number of hydrogen-bond donors (Lipinski definition) is 1. The summed E-state index contributed by atoms with van der Waals surface area (Å²) < 4.78 is 7.30. The number of ketones is 1. The lowest BCUT2D eigenvalue weighted by Gasteiger charge is -2.19. The van der Waals surface area contributed by atoms with Crippen LogP contribution >= 0.6 is 0 Å². The third kappa shape index (κ3) is 3.92. The van der Waals surface area contributed by atoms with Crippen LogP contribution < -0.4 is 5.32 Å². The van der Waals surface area contributed by atoms with Gasteiger partial charge in [-0.1, -0.05) is 24.3 Å². The van der Waals surface area contributed by atoms with Crippen LogP contribution in [-0.2, 0) is 4.74 Å². The maximum absolute atomic E-state index is 12.9. The summed E-state index contributed by atoms with van der Waals surface area (Å²) in [7, 11) is 0. The molecule has 0 radical (unpaired) electrons. The van der Waals surface area contributed by atoms with E-state index in [0.717, 1.165) is 16.8 Å². The monoisotopic (exact) mass is 389 g/mol. The Kier molecular flexibility index (Phi) is 4.70. The van der Waals surface area contributed by atoms with Gasteiger partial charge in [-0.2, -0.15) is 0 Å². The fourth-order valence-electron chi connectivity index (χ4n) is 3.59. The summed E-state index contributed by atoms with van der Waals surface area (Å²) >= 11 is 0. The highest BCUT2D eigenvalue weighted by molar-refractivity contribution is 5.97. The van der Waals surface area contributed by atoms with E-state index in [0.29, 0.717) is 17.7 Å². The van der Waals surface area contributed by atoms with Gasteiger partial charge in [-0.15, -0.1) is 0 Å². The normalized spacial score (nSPS) is 14.8. The zero-order valence-corrected chi connectivity index (χ0v) is 16.7. The smallest absolute Gasteiger partial charge is 0.412 e. The van der Waals surface area contributed by atoms with Gasteiger partial charge in [-0.05, 0) is 50.6 Å². The van der Waals surface area contributed by atoms with Gasteiger partial charge in [0.2, 0.25) is 0 Å². The highest BCUT2D eigenvalue weighted by Crippen LogP contribution is 2.41. The Bertz CT molecular complexity index is 1060. The number of nitrogens with one attached hydrogen (secondary N) is 1. The predicted molar refractivity (Wildman–Crippen MR) is 111 cm³/mol. The third-order valence-electron chi connectivity index (χ3n) is 4.83. The van der Waals surface area contributed by atoms with Crippen molar-refractivity contribution in [2.45, 2.75) is 38.8 Å². The summed E-state index contributed by atoms with van der Waals surface area (Å²) in [4.78, 5) is 29.0. The van der Waals surface area contributed by atoms with Crippen LogP contribution in [0.1, 0.15) is 49.2 Å². The Labute approximate surface area is 169 Å². The van der Waals surface area contributed by atoms with Crippen LogP contribution in [0, 0.1) is 0 Å². The molecule has 148 valence electrons. The van der Waals surface area contributed by atoms with Crippen molar-refractivity contribution in [2.24, 2.45) is 0 Å². The van der Waals surface area contributed by atoms with Crippen LogP contribution in [0.15, 0.2) is 61.1 Å². The fraction of sp³-hybridized carbons (Fsp3) is 0.261. The highest BCUT2D eigenvalue weighted by atomic mass is 16.6. The molecule has 1 unspecified atom stereocenters. The summed E-state index contributed by atoms with van der Waals surface area (Å²) in [5.74, 6) is 0.0372. The molecule has 1 N–H and O–H groups in total. The first-order valence-corrected chi connectivity index (χ1v) is 9.56. The van der Waals surface area contributed by atoms with Gasteiger partial charge in [-0.3, -0.25) is 10.1 Å². The van der Waals surface area contributed by atoms with Gasteiger partial charge in [0.1, 0.15) is 5.60 Å². The molecule has 0 saturated carbocycles. The van der Waals surface area contributed by atoms with Crippen molar-refractivity contribution < 1.29 is 14.3 Å². The molecule has 4 rings (SSSR count). The first-order chi connectivity index (χ1) is 13.8. The van der Waals surface area contributed by atoms with E-state index in [9.17, 15) is 9.59 Å².